The average Bonchev–Trinajstić information content (AvgIpc) is 2.29. The summed E-state index contributed by atoms with van der Waals surface area (Å²) in [7, 11) is 0. The molecule has 2 fully saturated rings. The lowest BCUT2D eigenvalue weighted by molar-refractivity contribution is -0.122. The van der Waals surface area contributed by atoms with Crippen LogP contribution in [-0.2, 0) is 4.79 Å². The van der Waals surface area contributed by atoms with Crippen molar-refractivity contribution in [3.63, 3.8) is 0 Å². The maximum absolute atomic E-state index is 11.4. The molecule has 0 aliphatic heterocycles. The standard InChI is InChI=1S/C14H24O/c1-2-11-6-8-12(9-7-11)13-4-3-5-14(15)10-13/h11-13H,2-10H2,1H3/t11-,12-,13?. The molecule has 0 N–H and O–H groups in total. The zero-order valence-electron chi connectivity index (χ0n) is 10.0. The number of hydrogen-bond acceptors (Lipinski definition) is 1. The van der Waals surface area contributed by atoms with Gasteiger partial charge in [0.2, 0.25) is 0 Å². The number of ketones is 1. The molecule has 0 aromatic rings. The summed E-state index contributed by atoms with van der Waals surface area (Å²) in [6, 6.07) is 0. The molecule has 1 unspecified atom stereocenters. The highest BCUT2D eigenvalue weighted by Crippen LogP contribution is 2.39. The summed E-state index contributed by atoms with van der Waals surface area (Å²) in [5.41, 5.74) is 0. The van der Waals surface area contributed by atoms with Gasteiger partial charge >= 0.3 is 0 Å². The zero-order valence-corrected chi connectivity index (χ0v) is 10.0. The van der Waals surface area contributed by atoms with Crippen LogP contribution in [0.2, 0.25) is 0 Å². The quantitative estimate of drug-likeness (QED) is 0.671. The summed E-state index contributed by atoms with van der Waals surface area (Å²) in [6.45, 7) is 2.31. The van der Waals surface area contributed by atoms with Crippen molar-refractivity contribution in [3.8, 4) is 0 Å². The zero-order chi connectivity index (χ0) is 10.7. The maximum atomic E-state index is 11.4. The number of Topliss-reactive ketones (excluding diaryl/α,β-unsaturated/α-hetero) is 1. The topological polar surface area (TPSA) is 17.1 Å². The SMILES string of the molecule is CC[C@H]1CC[C@H](C2CCCC(=O)C2)CC1. The van der Waals surface area contributed by atoms with Crippen molar-refractivity contribution in [2.45, 2.75) is 64.7 Å². The van der Waals surface area contributed by atoms with Gasteiger partial charge < -0.3 is 0 Å². The van der Waals surface area contributed by atoms with Crippen molar-refractivity contribution in [1.82, 2.24) is 0 Å². The minimum atomic E-state index is 0.531. The molecule has 2 rings (SSSR count). The summed E-state index contributed by atoms with van der Waals surface area (Å²) in [4.78, 5) is 11.4. The Morgan fingerprint density at radius 3 is 2.40 bits per heavy atom. The van der Waals surface area contributed by atoms with E-state index in [4.69, 9.17) is 0 Å². The van der Waals surface area contributed by atoms with E-state index in [0.717, 1.165) is 37.0 Å². The molecule has 0 heterocycles. The smallest absolute Gasteiger partial charge is 0.133 e. The second-order valence-electron chi connectivity index (χ2n) is 5.58. The molecular formula is C14H24O. The first kappa shape index (κ1) is 11.2. The molecule has 86 valence electrons. The third kappa shape index (κ3) is 2.83. The summed E-state index contributed by atoms with van der Waals surface area (Å²) in [5.74, 6) is 3.16. The van der Waals surface area contributed by atoms with Crippen LogP contribution in [0.4, 0.5) is 0 Å². The van der Waals surface area contributed by atoms with Gasteiger partial charge in [0.1, 0.15) is 5.78 Å². The lowest BCUT2D eigenvalue weighted by atomic mass is 9.70. The van der Waals surface area contributed by atoms with Crippen LogP contribution < -0.4 is 0 Å². The average molecular weight is 208 g/mol. The fourth-order valence-corrected chi connectivity index (χ4v) is 3.53. The van der Waals surface area contributed by atoms with Crippen LogP contribution >= 0.6 is 0 Å². The number of carbonyl (C=O) groups excluding carboxylic acids is 1. The van der Waals surface area contributed by atoms with Gasteiger partial charge in [0, 0.05) is 12.8 Å². The van der Waals surface area contributed by atoms with E-state index in [0.29, 0.717) is 5.78 Å². The Labute approximate surface area is 93.6 Å². The number of hydrogen-bond donors (Lipinski definition) is 0. The van der Waals surface area contributed by atoms with Crippen LogP contribution in [0.1, 0.15) is 64.7 Å². The summed E-state index contributed by atoms with van der Waals surface area (Å²) < 4.78 is 0. The summed E-state index contributed by atoms with van der Waals surface area (Å²) in [5, 5.41) is 0. The molecule has 1 nitrogen and oxygen atoms in total. The molecule has 0 aromatic carbocycles. The van der Waals surface area contributed by atoms with E-state index in [9.17, 15) is 4.79 Å². The van der Waals surface area contributed by atoms with Crippen LogP contribution in [0.3, 0.4) is 0 Å². The van der Waals surface area contributed by atoms with E-state index >= 15 is 0 Å². The van der Waals surface area contributed by atoms with Crippen LogP contribution in [0.25, 0.3) is 0 Å². The molecule has 0 spiro atoms. The molecule has 1 atom stereocenters. The predicted molar refractivity (Wildman–Crippen MR) is 62.7 cm³/mol. The van der Waals surface area contributed by atoms with Crippen LogP contribution in [0, 0.1) is 17.8 Å². The molecule has 0 amide bonds. The van der Waals surface area contributed by atoms with Gasteiger partial charge in [0.05, 0.1) is 0 Å². The van der Waals surface area contributed by atoms with Crippen molar-refractivity contribution >= 4 is 5.78 Å². The molecule has 2 aliphatic rings. The minimum Gasteiger partial charge on any atom is -0.300 e. The Morgan fingerprint density at radius 2 is 1.80 bits per heavy atom. The van der Waals surface area contributed by atoms with E-state index in [1.165, 1.54) is 38.5 Å². The third-order valence-electron chi connectivity index (χ3n) is 4.66. The van der Waals surface area contributed by atoms with Gasteiger partial charge in [-0.1, -0.05) is 26.2 Å². The molecule has 0 bridgehead atoms. The Kier molecular flexibility index (Phi) is 3.82. The van der Waals surface area contributed by atoms with Gasteiger partial charge in [0.25, 0.3) is 0 Å². The predicted octanol–water partition coefficient (Wildman–Crippen LogP) is 3.96. The van der Waals surface area contributed by atoms with Gasteiger partial charge in [0.15, 0.2) is 0 Å². The fraction of sp³-hybridized carbons (Fsp3) is 0.929. The second kappa shape index (κ2) is 5.14. The molecule has 2 aliphatic carbocycles. The van der Waals surface area contributed by atoms with E-state index in [-0.39, 0.29) is 0 Å². The van der Waals surface area contributed by atoms with Gasteiger partial charge in [-0.15, -0.1) is 0 Å². The lowest BCUT2D eigenvalue weighted by Gasteiger charge is -2.35. The van der Waals surface area contributed by atoms with Crippen LogP contribution in [0.5, 0.6) is 0 Å². The highest BCUT2D eigenvalue weighted by molar-refractivity contribution is 5.79. The second-order valence-corrected chi connectivity index (χ2v) is 5.58. The first-order valence-electron chi connectivity index (χ1n) is 6.81. The van der Waals surface area contributed by atoms with Crippen LogP contribution in [-0.4, -0.2) is 5.78 Å². The Hall–Kier alpha value is -0.330. The Bertz CT molecular complexity index is 213. The monoisotopic (exact) mass is 208 g/mol. The van der Waals surface area contributed by atoms with E-state index < -0.39 is 0 Å². The van der Waals surface area contributed by atoms with Gasteiger partial charge in [-0.3, -0.25) is 4.79 Å². The molecule has 2 saturated carbocycles. The summed E-state index contributed by atoms with van der Waals surface area (Å²) in [6.07, 6.45) is 11.3. The minimum absolute atomic E-state index is 0.531. The molecule has 0 saturated heterocycles. The normalized spacial score (nSPS) is 37.9. The van der Waals surface area contributed by atoms with Crippen LogP contribution in [0.15, 0.2) is 0 Å². The number of rotatable bonds is 2. The van der Waals surface area contributed by atoms with Gasteiger partial charge in [-0.05, 0) is 43.4 Å². The Balaban J connectivity index is 1.81. The Morgan fingerprint density at radius 1 is 1.07 bits per heavy atom. The van der Waals surface area contributed by atoms with Crippen molar-refractivity contribution in [2.24, 2.45) is 17.8 Å². The highest BCUT2D eigenvalue weighted by Gasteiger charge is 2.30. The third-order valence-corrected chi connectivity index (χ3v) is 4.66. The lowest BCUT2D eigenvalue weighted by Crippen LogP contribution is -2.26. The maximum Gasteiger partial charge on any atom is 0.133 e. The highest BCUT2D eigenvalue weighted by atomic mass is 16.1. The van der Waals surface area contributed by atoms with Crippen molar-refractivity contribution < 1.29 is 4.79 Å². The molecular weight excluding hydrogens is 184 g/mol. The van der Waals surface area contributed by atoms with E-state index in [1.807, 2.05) is 0 Å². The largest absolute Gasteiger partial charge is 0.300 e. The van der Waals surface area contributed by atoms with Crippen molar-refractivity contribution in [1.29, 1.82) is 0 Å². The molecule has 0 aromatic heterocycles. The van der Waals surface area contributed by atoms with E-state index in [1.54, 1.807) is 0 Å². The summed E-state index contributed by atoms with van der Waals surface area (Å²) >= 11 is 0. The van der Waals surface area contributed by atoms with Crippen molar-refractivity contribution in [3.05, 3.63) is 0 Å². The first-order chi connectivity index (χ1) is 7.29. The van der Waals surface area contributed by atoms with Gasteiger partial charge in [-0.25, -0.2) is 0 Å². The van der Waals surface area contributed by atoms with E-state index in [2.05, 4.69) is 6.92 Å². The van der Waals surface area contributed by atoms with Gasteiger partial charge in [-0.2, -0.15) is 0 Å². The first-order valence-corrected chi connectivity index (χ1v) is 6.81. The van der Waals surface area contributed by atoms with Crippen molar-refractivity contribution in [2.75, 3.05) is 0 Å². The fourth-order valence-electron chi connectivity index (χ4n) is 3.53. The molecule has 15 heavy (non-hydrogen) atoms. The molecule has 1 heteroatoms. The number of carbonyl (C=O) groups is 1. The molecule has 0 radical (unpaired) electrons.